The number of halogens is 1. The summed E-state index contributed by atoms with van der Waals surface area (Å²) in [5.41, 5.74) is 4.72. The molecule has 0 spiro atoms. The minimum atomic E-state index is -0.369. The summed E-state index contributed by atoms with van der Waals surface area (Å²) in [5.74, 6) is -0.717. The normalized spacial score (nSPS) is 11.2. The highest BCUT2D eigenvalue weighted by Gasteiger charge is 2.06. The lowest BCUT2D eigenvalue weighted by Gasteiger charge is -2.06. The molecule has 0 aliphatic rings. The number of amides is 1. The second-order valence-electron chi connectivity index (χ2n) is 4.62. The largest absolute Gasteiger partial charge is 0.271 e. The SMILES string of the molecule is CCC/C(=N/NC(=O)c1ccc(F)cc1)c1ccccc1. The van der Waals surface area contributed by atoms with Crippen LogP contribution in [0.2, 0.25) is 0 Å². The Kier molecular flexibility index (Phi) is 5.21. The van der Waals surface area contributed by atoms with Crippen molar-refractivity contribution >= 4 is 11.6 Å². The zero-order valence-electron chi connectivity index (χ0n) is 11.8. The van der Waals surface area contributed by atoms with Crippen molar-refractivity contribution in [3.8, 4) is 0 Å². The molecule has 0 atom stereocenters. The van der Waals surface area contributed by atoms with Crippen LogP contribution in [0.15, 0.2) is 59.7 Å². The quantitative estimate of drug-likeness (QED) is 0.659. The van der Waals surface area contributed by atoms with E-state index in [0.29, 0.717) is 5.56 Å². The summed E-state index contributed by atoms with van der Waals surface area (Å²) in [6.45, 7) is 2.06. The van der Waals surface area contributed by atoms with E-state index in [-0.39, 0.29) is 11.7 Å². The van der Waals surface area contributed by atoms with Gasteiger partial charge in [-0.2, -0.15) is 5.10 Å². The van der Waals surface area contributed by atoms with E-state index in [1.54, 1.807) is 0 Å². The summed E-state index contributed by atoms with van der Waals surface area (Å²) in [6, 6.07) is 15.1. The number of hydrogen-bond acceptors (Lipinski definition) is 2. The predicted octanol–water partition coefficient (Wildman–Crippen LogP) is 3.76. The first-order chi connectivity index (χ1) is 10.2. The third kappa shape index (κ3) is 4.24. The van der Waals surface area contributed by atoms with Crippen molar-refractivity contribution in [1.82, 2.24) is 5.43 Å². The molecule has 1 amide bonds. The average molecular weight is 284 g/mol. The maximum atomic E-state index is 12.8. The minimum Gasteiger partial charge on any atom is -0.267 e. The van der Waals surface area contributed by atoms with Gasteiger partial charge in [0, 0.05) is 5.56 Å². The molecule has 3 nitrogen and oxygen atoms in total. The maximum Gasteiger partial charge on any atom is 0.271 e. The molecule has 0 radical (unpaired) electrons. The Morgan fingerprint density at radius 2 is 1.71 bits per heavy atom. The van der Waals surface area contributed by atoms with E-state index in [4.69, 9.17) is 0 Å². The van der Waals surface area contributed by atoms with Gasteiger partial charge in [0.15, 0.2) is 0 Å². The van der Waals surface area contributed by atoms with Crippen LogP contribution in [0.4, 0.5) is 4.39 Å². The Labute approximate surface area is 123 Å². The van der Waals surface area contributed by atoms with Crippen molar-refractivity contribution in [2.24, 2.45) is 5.10 Å². The fourth-order valence-corrected chi connectivity index (χ4v) is 1.92. The number of carbonyl (C=O) groups excluding carboxylic acids is 1. The standard InChI is InChI=1S/C17H17FN2O/c1-2-6-16(13-7-4-3-5-8-13)19-20-17(21)14-9-11-15(18)12-10-14/h3-5,7-12H,2,6H2,1H3,(H,20,21)/b19-16-. The first-order valence-corrected chi connectivity index (χ1v) is 6.88. The van der Waals surface area contributed by atoms with Gasteiger partial charge in [-0.05, 0) is 36.2 Å². The molecule has 0 heterocycles. The second kappa shape index (κ2) is 7.33. The zero-order valence-corrected chi connectivity index (χ0v) is 11.8. The zero-order chi connectivity index (χ0) is 15.1. The van der Waals surface area contributed by atoms with E-state index < -0.39 is 0 Å². The summed E-state index contributed by atoms with van der Waals surface area (Å²) in [5, 5.41) is 4.21. The van der Waals surface area contributed by atoms with Crippen molar-refractivity contribution in [3.05, 3.63) is 71.5 Å². The first-order valence-electron chi connectivity index (χ1n) is 6.88. The number of hydrazone groups is 1. The molecule has 0 aromatic heterocycles. The molecule has 0 aliphatic heterocycles. The van der Waals surface area contributed by atoms with Crippen molar-refractivity contribution in [2.75, 3.05) is 0 Å². The molecule has 2 aromatic rings. The topological polar surface area (TPSA) is 41.5 Å². The van der Waals surface area contributed by atoms with E-state index >= 15 is 0 Å². The van der Waals surface area contributed by atoms with Gasteiger partial charge in [-0.1, -0.05) is 43.7 Å². The van der Waals surface area contributed by atoms with Gasteiger partial charge in [0.2, 0.25) is 0 Å². The summed E-state index contributed by atoms with van der Waals surface area (Å²) in [7, 11) is 0. The molecule has 0 unspecified atom stereocenters. The van der Waals surface area contributed by atoms with Gasteiger partial charge in [0.25, 0.3) is 5.91 Å². The number of benzene rings is 2. The lowest BCUT2D eigenvalue weighted by Crippen LogP contribution is -2.20. The lowest BCUT2D eigenvalue weighted by atomic mass is 10.1. The molecule has 1 N–H and O–H groups in total. The molecular weight excluding hydrogens is 267 g/mol. The molecular formula is C17H17FN2O. The summed E-state index contributed by atoms with van der Waals surface area (Å²) < 4.78 is 12.8. The fourth-order valence-electron chi connectivity index (χ4n) is 1.92. The number of hydrogen-bond donors (Lipinski definition) is 1. The van der Waals surface area contributed by atoms with Crippen LogP contribution in [0.1, 0.15) is 35.7 Å². The monoisotopic (exact) mass is 284 g/mol. The Morgan fingerprint density at radius 3 is 2.33 bits per heavy atom. The molecule has 4 heteroatoms. The van der Waals surface area contributed by atoms with Crippen LogP contribution in [0.25, 0.3) is 0 Å². The molecule has 108 valence electrons. The summed E-state index contributed by atoms with van der Waals surface area (Å²) >= 11 is 0. The first kappa shape index (κ1) is 14.9. The van der Waals surface area contributed by atoms with Crippen LogP contribution < -0.4 is 5.43 Å². The van der Waals surface area contributed by atoms with E-state index in [9.17, 15) is 9.18 Å². The molecule has 21 heavy (non-hydrogen) atoms. The Morgan fingerprint density at radius 1 is 1.05 bits per heavy atom. The van der Waals surface area contributed by atoms with E-state index in [2.05, 4.69) is 17.5 Å². The van der Waals surface area contributed by atoms with Gasteiger partial charge >= 0.3 is 0 Å². The van der Waals surface area contributed by atoms with Crippen LogP contribution >= 0.6 is 0 Å². The van der Waals surface area contributed by atoms with Crippen molar-refractivity contribution in [3.63, 3.8) is 0 Å². The predicted molar refractivity (Wildman–Crippen MR) is 81.8 cm³/mol. The van der Waals surface area contributed by atoms with Gasteiger partial charge in [-0.25, -0.2) is 9.82 Å². The Hall–Kier alpha value is -2.49. The molecule has 2 aromatic carbocycles. The van der Waals surface area contributed by atoms with Gasteiger partial charge in [0.05, 0.1) is 5.71 Å². The maximum absolute atomic E-state index is 12.8. The number of nitrogens with one attached hydrogen (secondary N) is 1. The smallest absolute Gasteiger partial charge is 0.267 e. The molecule has 0 saturated carbocycles. The van der Waals surface area contributed by atoms with Crippen LogP contribution in [-0.4, -0.2) is 11.6 Å². The lowest BCUT2D eigenvalue weighted by molar-refractivity contribution is 0.0954. The van der Waals surface area contributed by atoms with Crippen LogP contribution in [0.5, 0.6) is 0 Å². The van der Waals surface area contributed by atoms with Crippen molar-refractivity contribution in [2.45, 2.75) is 19.8 Å². The third-order valence-corrected chi connectivity index (χ3v) is 2.99. The van der Waals surface area contributed by atoms with Gasteiger partial charge in [-0.15, -0.1) is 0 Å². The van der Waals surface area contributed by atoms with Gasteiger partial charge < -0.3 is 0 Å². The number of nitrogens with zero attached hydrogens (tertiary/aromatic N) is 1. The van der Waals surface area contributed by atoms with Crippen LogP contribution in [0, 0.1) is 5.82 Å². The summed E-state index contributed by atoms with van der Waals surface area (Å²) in [4.78, 5) is 12.0. The highest BCUT2D eigenvalue weighted by molar-refractivity contribution is 6.02. The highest BCUT2D eigenvalue weighted by atomic mass is 19.1. The van der Waals surface area contributed by atoms with E-state index in [1.807, 2.05) is 30.3 Å². The fraction of sp³-hybridized carbons (Fsp3) is 0.176. The summed E-state index contributed by atoms with van der Waals surface area (Å²) in [6.07, 6.45) is 1.70. The van der Waals surface area contributed by atoms with Crippen molar-refractivity contribution < 1.29 is 9.18 Å². The van der Waals surface area contributed by atoms with Crippen LogP contribution in [0.3, 0.4) is 0 Å². The number of carbonyl (C=O) groups is 1. The third-order valence-electron chi connectivity index (χ3n) is 2.99. The van der Waals surface area contributed by atoms with Gasteiger partial charge in [0.1, 0.15) is 5.82 Å². The van der Waals surface area contributed by atoms with Gasteiger partial charge in [-0.3, -0.25) is 4.79 Å². The van der Waals surface area contributed by atoms with Crippen molar-refractivity contribution in [1.29, 1.82) is 0 Å². The second-order valence-corrected chi connectivity index (χ2v) is 4.62. The minimum absolute atomic E-state index is 0.348. The molecule has 0 saturated heterocycles. The molecule has 0 fully saturated rings. The average Bonchev–Trinajstić information content (AvgIpc) is 2.52. The molecule has 0 aliphatic carbocycles. The number of rotatable bonds is 5. The Balaban J connectivity index is 2.12. The highest BCUT2D eigenvalue weighted by Crippen LogP contribution is 2.07. The van der Waals surface area contributed by atoms with E-state index in [0.717, 1.165) is 24.1 Å². The molecule has 0 bridgehead atoms. The molecule has 2 rings (SSSR count). The van der Waals surface area contributed by atoms with E-state index in [1.165, 1.54) is 24.3 Å². The Bertz CT molecular complexity index is 621. The van der Waals surface area contributed by atoms with Crippen LogP contribution in [-0.2, 0) is 0 Å².